The largest absolute Gasteiger partial charge is 0.393 e. The summed E-state index contributed by atoms with van der Waals surface area (Å²) in [6.07, 6.45) is 10.9. The van der Waals surface area contributed by atoms with Gasteiger partial charge in [0.05, 0.1) is 6.10 Å². The van der Waals surface area contributed by atoms with Crippen LogP contribution in [0.25, 0.3) is 0 Å². The van der Waals surface area contributed by atoms with Gasteiger partial charge >= 0.3 is 0 Å². The van der Waals surface area contributed by atoms with Gasteiger partial charge in [0.15, 0.2) is 0 Å². The van der Waals surface area contributed by atoms with Crippen LogP contribution in [-0.4, -0.2) is 23.3 Å². The highest BCUT2D eigenvalue weighted by Gasteiger charge is 2.74. The maximum Gasteiger partial charge on any atom is 0.140 e. The highest BCUT2D eigenvalue weighted by Crippen LogP contribution is 2.77. The summed E-state index contributed by atoms with van der Waals surface area (Å²) in [4.78, 5) is 27.5. The first-order valence-corrected chi connectivity index (χ1v) is 13.9. The number of aliphatic hydroxyl groups is 1. The first kappa shape index (κ1) is 24.0. The molecular weight excluding hydrogens is 408 g/mol. The van der Waals surface area contributed by atoms with Crippen LogP contribution in [0.3, 0.4) is 0 Å². The summed E-state index contributed by atoms with van der Waals surface area (Å²) in [6.45, 7) is 16.5. The van der Waals surface area contributed by atoms with E-state index in [0.29, 0.717) is 23.5 Å². The van der Waals surface area contributed by atoms with Gasteiger partial charge in [-0.1, -0.05) is 48.5 Å². The molecule has 3 heteroatoms. The van der Waals surface area contributed by atoms with Crippen molar-refractivity contribution in [2.75, 3.05) is 0 Å². The molecule has 0 saturated heterocycles. The summed E-state index contributed by atoms with van der Waals surface area (Å²) < 4.78 is 0. The van der Waals surface area contributed by atoms with Crippen LogP contribution >= 0.6 is 0 Å². The fourth-order valence-electron chi connectivity index (χ4n) is 11.0. The van der Waals surface area contributed by atoms with Gasteiger partial charge < -0.3 is 9.90 Å². The number of hydrogen-bond acceptors (Lipinski definition) is 3. The number of Topliss-reactive ketones (excluding diaryl/α,β-unsaturated/α-hetero) is 1. The predicted molar refractivity (Wildman–Crippen MR) is 132 cm³/mol. The summed E-state index contributed by atoms with van der Waals surface area (Å²) >= 11 is 0. The van der Waals surface area contributed by atoms with Crippen molar-refractivity contribution in [3.05, 3.63) is 0 Å². The maximum atomic E-state index is 14.3. The molecule has 5 saturated carbocycles. The Morgan fingerprint density at radius 3 is 2.21 bits per heavy atom. The van der Waals surface area contributed by atoms with Gasteiger partial charge in [0.25, 0.3) is 0 Å². The molecule has 5 aliphatic carbocycles. The number of fused-ring (bicyclic) bond motifs is 7. The second-order valence-electron chi connectivity index (χ2n) is 15.1. The molecule has 0 amide bonds. The molecule has 3 nitrogen and oxygen atoms in total. The van der Waals surface area contributed by atoms with Crippen molar-refractivity contribution in [2.45, 2.75) is 119 Å². The molecule has 1 N–H and O–H groups in total. The first-order valence-electron chi connectivity index (χ1n) is 13.9. The van der Waals surface area contributed by atoms with Gasteiger partial charge in [-0.05, 0) is 103 Å². The average Bonchev–Trinajstić information content (AvgIpc) is 2.75. The minimum Gasteiger partial charge on any atom is -0.393 e. The van der Waals surface area contributed by atoms with Crippen LogP contribution < -0.4 is 0 Å². The number of carbonyl (C=O) groups is 2. The first-order chi connectivity index (χ1) is 15.2. The molecule has 0 aromatic rings. The Morgan fingerprint density at radius 1 is 0.848 bits per heavy atom. The van der Waals surface area contributed by atoms with Crippen molar-refractivity contribution in [3.8, 4) is 0 Å². The Kier molecular flexibility index (Phi) is 5.06. The Bertz CT molecular complexity index is 863. The zero-order valence-corrected chi connectivity index (χ0v) is 22.3. The van der Waals surface area contributed by atoms with Crippen LogP contribution in [0.1, 0.15) is 113 Å². The van der Waals surface area contributed by atoms with Crippen LogP contribution in [-0.2, 0) is 9.59 Å². The molecule has 10 unspecified atom stereocenters. The van der Waals surface area contributed by atoms with E-state index in [2.05, 4.69) is 48.5 Å². The molecule has 10 atom stereocenters. The molecule has 0 heterocycles. The van der Waals surface area contributed by atoms with Crippen LogP contribution in [0.2, 0.25) is 0 Å². The highest BCUT2D eigenvalue weighted by atomic mass is 16.3. The Balaban J connectivity index is 1.62. The zero-order chi connectivity index (χ0) is 24.2. The lowest BCUT2D eigenvalue weighted by Crippen LogP contribution is -2.71. The number of hydrogen-bond donors (Lipinski definition) is 1. The minimum absolute atomic E-state index is 0.0156. The molecule has 33 heavy (non-hydrogen) atoms. The summed E-state index contributed by atoms with van der Waals surface area (Å²) in [6, 6.07) is 0. The maximum absolute atomic E-state index is 14.3. The van der Waals surface area contributed by atoms with E-state index in [1.807, 2.05) is 0 Å². The number of carbonyl (C=O) groups excluding carboxylic acids is 2. The number of aliphatic hydroxyl groups excluding tert-OH is 1. The standard InChI is InChI=1S/C30H48O3/c1-19-20(32)8-9-21-27(19,5)11-10-22-29(7)24(33)17-26(4)13-12-25(2,3)16-23(26)28(29,6)14-15-30(21,22)18-31/h18-23,32H,8-17H2,1-7H3. The lowest BCUT2D eigenvalue weighted by atomic mass is 9.29. The molecule has 5 aliphatic rings. The number of rotatable bonds is 1. The summed E-state index contributed by atoms with van der Waals surface area (Å²) in [7, 11) is 0. The third-order valence-electron chi connectivity index (χ3n) is 13.5. The molecule has 5 fully saturated rings. The van der Waals surface area contributed by atoms with E-state index in [1.165, 1.54) is 19.1 Å². The minimum atomic E-state index is -0.426. The van der Waals surface area contributed by atoms with Gasteiger partial charge in [-0.3, -0.25) is 4.79 Å². The van der Waals surface area contributed by atoms with E-state index >= 15 is 0 Å². The monoisotopic (exact) mass is 456 g/mol. The Labute approximate surface area is 201 Å². The molecule has 0 aromatic carbocycles. The van der Waals surface area contributed by atoms with Crippen molar-refractivity contribution < 1.29 is 14.7 Å². The lowest BCUT2D eigenvalue weighted by Gasteiger charge is -2.73. The molecular formula is C30H48O3. The topological polar surface area (TPSA) is 54.4 Å². The second-order valence-corrected chi connectivity index (χ2v) is 15.1. The van der Waals surface area contributed by atoms with Crippen molar-refractivity contribution >= 4 is 12.1 Å². The van der Waals surface area contributed by atoms with Crippen molar-refractivity contribution in [2.24, 2.45) is 56.2 Å². The molecule has 0 aromatic heterocycles. The third kappa shape index (κ3) is 2.78. The van der Waals surface area contributed by atoms with Crippen molar-refractivity contribution in [1.82, 2.24) is 0 Å². The zero-order valence-electron chi connectivity index (χ0n) is 22.3. The average molecular weight is 457 g/mol. The van der Waals surface area contributed by atoms with E-state index in [0.717, 1.165) is 44.9 Å². The van der Waals surface area contributed by atoms with Crippen LogP contribution in [0.15, 0.2) is 0 Å². The van der Waals surface area contributed by atoms with E-state index in [-0.39, 0.29) is 40.1 Å². The highest BCUT2D eigenvalue weighted by molar-refractivity contribution is 5.89. The summed E-state index contributed by atoms with van der Waals surface area (Å²) in [5, 5.41) is 10.7. The summed E-state index contributed by atoms with van der Waals surface area (Å²) in [5.74, 6) is 1.63. The molecule has 186 valence electrons. The van der Waals surface area contributed by atoms with Crippen LogP contribution in [0, 0.1) is 56.2 Å². The van der Waals surface area contributed by atoms with Gasteiger partial charge in [0.2, 0.25) is 0 Å². The van der Waals surface area contributed by atoms with Gasteiger partial charge in [-0.2, -0.15) is 0 Å². The molecule has 0 aliphatic heterocycles. The van der Waals surface area contributed by atoms with Gasteiger partial charge in [0, 0.05) is 17.3 Å². The SMILES string of the molecule is CC1C(O)CCC2C1(C)CCC1C2(C=O)CCC2(C)C3CC(C)(C)CCC3(C)CC(=O)C12C. The van der Waals surface area contributed by atoms with E-state index in [1.54, 1.807) is 0 Å². The fourth-order valence-corrected chi connectivity index (χ4v) is 11.0. The van der Waals surface area contributed by atoms with E-state index in [9.17, 15) is 14.7 Å². The molecule has 0 bridgehead atoms. The van der Waals surface area contributed by atoms with Gasteiger partial charge in [-0.25, -0.2) is 0 Å². The normalized spacial score (nSPS) is 57.8. The summed E-state index contributed by atoms with van der Waals surface area (Å²) in [5.41, 5.74) is -0.464. The fraction of sp³-hybridized carbons (Fsp3) is 0.933. The molecule has 0 spiro atoms. The number of aldehydes is 1. The van der Waals surface area contributed by atoms with E-state index in [4.69, 9.17) is 0 Å². The van der Waals surface area contributed by atoms with E-state index < -0.39 is 10.8 Å². The third-order valence-corrected chi connectivity index (χ3v) is 13.5. The smallest absolute Gasteiger partial charge is 0.140 e. The molecule has 0 radical (unpaired) electrons. The Hall–Kier alpha value is -0.700. The van der Waals surface area contributed by atoms with Crippen LogP contribution in [0.4, 0.5) is 0 Å². The lowest BCUT2D eigenvalue weighted by molar-refractivity contribution is -0.245. The Morgan fingerprint density at radius 2 is 1.55 bits per heavy atom. The van der Waals surface area contributed by atoms with Crippen molar-refractivity contribution in [1.29, 1.82) is 0 Å². The van der Waals surface area contributed by atoms with Crippen molar-refractivity contribution in [3.63, 3.8) is 0 Å². The van der Waals surface area contributed by atoms with Gasteiger partial charge in [-0.15, -0.1) is 0 Å². The second kappa shape index (κ2) is 6.95. The van der Waals surface area contributed by atoms with Crippen LogP contribution in [0.5, 0.6) is 0 Å². The number of ketones is 1. The quantitative estimate of drug-likeness (QED) is 0.452. The molecule has 5 rings (SSSR count). The van der Waals surface area contributed by atoms with Gasteiger partial charge in [0.1, 0.15) is 12.1 Å². The predicted octanol–water partition coefficient (Wildman–Crippen LogP) is 6.61.